The Kier molecular flexibility index (Phi) is 4.68. The normalized spacial score (nSPS) is 18.0. The van der Waals surface area contributed by atoms with Gasteiger partial charge >= 0.3 is 0 Å². The van der Waals surface area contributed by atoms with Crippen molar-refractivity contribution in [3.63, 3.8) is 0 Å². The van der Waals surface area contributed by atoms with E-state index in [0.29, 0.717) is 6.54 Å². The smallest absolute Gasteiger partial charge is 0.228 e. The van der Waals surface area contributed by atoms with E-state index in [4.69, 9.17) is 4.42 Å². The molecule has 4 heteroatoms. The molecule has 0 N–H and O–H groups in total. The molecular formula is C20H28N2O2. The third-order valence-corrected chi connectivity index (χ3v) is 5.45. The Morgan fingerprint density at radius 2 is 1.96 bits per heavy atom. The van der Waals surface area contributed by atoms with E-state index in [1.807, 2.05) is 30.1 Å². The minimum absolute atomic E-state index is 0.243. The fraction of sp³-hybridized carbons (Fsp3) is 0.550. The molecule has 3 rings (SSSR count). The molecule has 1 aliphatic rings. The van der Waals surface area contributed by atoms with Gasteiger partial charge in [-0.15, -0.1) is 0 Å². The summed E-state index contributed by atoms with van der Waals surface area (Å²) in [5, 5.41) is 1.13. The molecule has 1 aromatic carbocycles. The second kappa shape index (κ2) is 6.60. The molecule has 0 saturated carbocycles. The standard InChI is InChI=1S/C20H28N2O2/c1-5-17-16(15-8-6-7-9-18(15)24-17)14-22(4)19(23)20(2)10-12-21(3)13-11-20/h6-9H,5,10-14H2,1-4H3. The van der Waals surface area contributed by atoms with Crippen molar-refractivity contribution in [3.05, 3.63) is 35.6 Å². The molecule has 1 fully saturated rings. The lowest BCUT2D eigenvalue weighted by atomic mass is 9.79. The summed E-state index contributed by atoms with van der Waals surface area (Å²) in [6, 6.07) is 8.10. The zero-order valence-corrected chi connectivity index (χ0v) is 15.3. The molecule has 1 saturated heterocycles. The van der Waals surface area contributed by atoms with Crippen LogP contribution in [0.2, 0.25) is 0 Å². The predicted octanol–water partition coefficient (Wildman–Crippen LogP) is 3.69. The average Bonchev–Trinajstić information content (AvgIpc) is 2.95. The van der Waals surface area contributed by atoms with E-state index in [9.17, 15) is 4.79 Å². The zero-order chi connectivity index (χ0) is 17.3. The van der Waals surface area contributed by atoms with Gasteiger partial charge in [-0.25, -0.2) is 0 Å². The van der Waals surface area contributed by atoms with Gasteiger partial charge in [-0.2, -0.15) is 0 Å². The number of aryl methyl sites for hydroxylation is 1. The maximum Gasteiger partial charge on any atom is 0.228 e. The number of fused-ring (bicyclic) bond motifs is 1. The molecule has 130 valence electrons. The van der Waals surface area contributed by atoms with Gasteiger partial charge in [0.25, 0.3) is 0 Å². The number of hydrogen-bond acceptors (Lipinski definition) is 3. The van der Waals surface area contributed by atoms with Gasteiger partial charge in [0.2, 0.25) is 5.91 Å². The SMILES string of the molecule is CCc1oc2ccccc2c1CN(C)C(=O)C1(C)CCN(C)CC1. The first-order valence-corrected chi connectivity index (χ1v) is 8.88. The van der Waals surface area contributed by atoms with Crippen LogP contribution in [0.15, 0.2) is 28.7 Å². The minimum atomic E-state index is -0.243. The molecule has 0 unspecified atom stereocenters. The van der Waals surface area contributed by atoms with Crippen LogP contribution in [0.5, 0.6) is 0 Å². The fourth-order valence-corrected chi connectivity index (χ4v) is 3.70. The summed E-state index contributed by atoms with van der Waals surface area (Å²) in [5.41, 5.74) is 1.82. The summed E-state index contributed by atoms with van der Waals surface area (Å²) in [5.74, 6) is 1.24. The highest BCUT2D eigenvalue weighted by molar-refractivity contribution is 5.85. The van der Waals surface area contributed by atoms with Crippen LogP contribution in [-0.2, 0) is 17.8 Å². The molecule has 1 aliphatic heterocycles. The summed E-state index contributed by atoms with van der Waals surface area (Å²) < 4.78 is 5.97. The van der Waals surface area contributed by atoms with Gasteiger partial charge in [0.1, 0.15) is 11.3 Å². The molecular weight excluding hydrogens is 300 g/mol. The highest BCUT2D eigenvalue weighted by Crippen LogP contribution is 2.34. The van der Waals surface area contributed by atoms with Gasteiger partial charge in [0, 0.05) is 36.4 Å². The maximum absolute atomic E-state index is 13.1. The number of rotatable bonds is 4. The van der Waals surface area contributed by atoms with Crippen LogP contribution >= 0.6 is 0 Å². The number of carbonyl (C=O) groups excluding carboxylic acids is 1. The number of para-hydroxylation sites is 1. The Balaban J connectivity index is 1.82. The lowest BCUT2D eigenvalue weighted by molar-refractivity contribution is -0.143. The summed E-state index contributed by atoms with van der Waals surface area (Å²) in [7, 11) is 4.05. The van der Waals surface area contributed by atoms with Crippen LogP contribution in [0.25, 0.3) is 11.0 Å². The van der Waals surface area contributed by atoms with Gasteiger partial charge in [-0.05, 0) is 39.0 Å². The number of furan rings is 1. The van der Waals surface area contributed by atoms with Crippen molar-refractivity contribution in [3.8, 4) is 0 Å². The fourth-order valence-electron chi connectivity index (χ4n) is 3.70. The highest BCUT2D eigenvalue weighted by atomic mass is 16.3. The second-order valence-electron chi connectivity index (χ2n) is 7.38. The topological polar surface area (TPSA) is 36.7 Å². The number of nitrogens with zero attached hydrogens (tertiary/aromatic N) is 2. The van der Waals surface area contributed by atoms with Crippen molar-refractivity contribution in [2.75, 3.05) is 27.2 Å². The molecule has 2 heterocycles. The first kappa shape index (κ1) is 17.0. The molecule has 0 spiro atoms. The molecule has 4 nitrogen and oxygen atoms in total. The second-order valence-corrected chi connectivity index (χ2v) is 7.38. The van der Waals surface area contributed by atoms with E-state index >= 15 is 0 Å². The Morgan fingerprint density at radius 3 is 2.62 bits per heavy atom. The molecule has 0 atom stereocenters. The van der Waals surface area contributed by atoms with Crippen molar-refractivity contribution >= 4 is 16.9 Å². The highest BCUT2D eigenvalue weighted by Gasteiger charge is 2.38. The molecule has 0 aliphatic carbocycles. The van der Waals surface area contributed by atoms with Crippen LogP contribution in [0.1, 0.15) is 38.0 Å². The molecule has 1 amide bonds. The largest absolute Gasteiger partial charge is 0.461 e. The monoisotopic (exact) mass is 328 g/mol. The van der Waals surface area contributed by atoms with Crippen LogP contribution < -0.4 is 0 Å². The van der Waals surface area contributed by atoms with E-state index in [0.717, 1.165) is 54.6 Å². The molecule has 2 aromatic rings. The van der Waals surface area contributed by atoms with Gasteiger partial charge in [0.15, 0.2) is 0 Å². The van der Waals surface area contributed by atoms with E-state index in [2.05, 4.69) is 31.9 Å². The third-order valence-electron chi connectivity index (χ3n) is 5.45. The number of carbonyl (C=O) groups is 1. The third kappa shape index (κ3) is 3.07. The number of hydrogen-bond donors (Lipinski definition) is 0. The molecule has 0 bridgehead atoms. The van der Waals surface area contributed by atoms with Gasteiger partial charge in [-0.3, -0.25) is 4.79 Å². The first-order valence-electron chi connectivity index (χ1n) is 8.88. The Hall–Kier alpha value is -1.81. The molecule has 0 radical (unpaired) electrons. The van der Waals surface area contributed by atoms with E-state index in [1.54, 1.807) is 0 Å². The van der Waals surface area contributed by atoms with E-state index < -0.39 is 0 Å². The number of amides is 1. The quantitative estimate of drug-likeness (QED) is 0.859. The number of likely N-dealkylation sites (tertiary alicyclic amines) is 1. The van der Waals surface area contributed by atoms with Gasteiger partial charge in [-0.1, -0.05) is 32.0 Å². The Labute approximate surface area is 144 Å². The van der Waals surface area contributed by atoms with Crippen LogP contribution in [0.4, 0.5) is 0 Å². The Bertz CT molecular complexity index is 726. The van der Waals surface area contributed by atoms with E-state index in [-0.39, 0.29) is 11.3 Å². The molecule has 24 heavy (non-hydrogen) atoms. The summed E-state index contributed by atoms with van der Waals surface area (Å²) in [6.45, 7) is 6.81. The van der Waals surface area contributed by atoms with Crippen LogP contribution in [0, 0.1) is 5.41 Å². The van der Waals surface area contributed by atoms with Crippen LogP contribution in [0.3, 0.4) is 0 Å². The summed E-state index contributed by atoms with van der Waals surface area (Å²) in [6.07, 6.45) is 2.70. The maximum atomic E-state index is 13.1. The average molecular weight is 328 g/mol. The van der Waals surface area contributed by atoms with Gasteiger partial charge in [0.05, 0.1) is 0 Å². The minimum Gasteiger partial charge on any atom is -0.461 e. The summed E-state index contributed by atoms with van der Waals surface area (Å²) in [4.78, 5) is 17.3. The number of piperidine rings is 1. The Morgan fingerprint density at radius 1 is 1.29 bits per heavy atom. The lowest BCUT2D eigenvalue weighted by Gasteiger charge is -2.39. The van der Waals surface area contributed by atoms with Crippen molar-refractivity contribution in [1.29, 1.82) is 0 Å². The first-order chi connectivity index (χ1) is 11.4. The van der Waals surface area contributed by atoms with Crippen molar-refractivity contribution in [2.24, 2.45) is 5.41 Å². The predicted molar refractivity (Wildman–Crippen MR) is 96.9 cm³/mol. The van der Waals surface area contributed by atoms with Crippen LogP contribution in [-0.4, -0.2) is 42.9 Å². The zero-order valence-electron chi connectivity index (χ0n) is 15.3. The lowest BCUT2D eigenvalue weighted by Crippen LogP contribution is -2.46. The number of benzene rings is 1. The van der Waals surface area contributed by atoms with Gasteiger partial charge < -0.3 is 14.2 Å². The molecule has 1 aromatic heterocycles. The van der Waals surface area contributed by atoms with Crippen molar-refractivity contribution < 1.29 is 9.21 Å². The summed E-state index contributed by atoms with van der Waals surface area (Å²) >= 11 is 0. The van der Waals surface area contributed by atoms with Crippen molar-refractivity contribution in [2.45, 2.75) is 39.7 Å². The van der Waals surface area contributed by atoms with E-state index in [1.165, 1.54) is 0 Å². The van der Waals surface area contributed by atoms with Crippen molar-refractivity contribution in [1.82, 2.24) is 9.80 Å².